The van der Waals surface area contributed by atoms with Crippen molar-refractivity contribution in [1.82, 2.24) is 0 Å². The van der Waals surface area contributed by atoms with E-state index in [2.05, 4.69) is 0 Å². The quantitative estimate of drug-likeness (QED) is 0.356. The number of hydrogen-bond acceptors (Lipinski definition) is 4. The van der Waals surface area contributed by atoms with Gasteiger partial charge >= 0.3 is 0 Å². The summed E-state index contributed by atoms with van der Waals surface area (Å²) in [5, 5.41) is 0. The van der Waals surface area contributed by atoms with Crippen molar-refractivity contribution in [3.63, 3.8) is 0 Å². The predicted octanol–water partition coefficient (Wildman–Crippen LogP) is 0.775. The molecule has 1 aromatic rings. The number of benzene rings is 1. The third kappa shape index (κ3) is 6.80. The number of hydrogen-bond donors (Lipinski definition) is 1. The second-order valence-corrected chi connectivity index (χ2v) is 4.72. The van der Waals surface area contributed by atoms with Crippen LogP contribution in [0, 0.1) is 0 Å². The molecule has 0 aliphatic carbocycles. The molecule has 0 saturated heterocycles. The topological polar surface area (TPSA) is 80.7 Å². The van der Waals surface area contributed by atoms with Gasteiger partial charge < -0.3 is 4.74 Å². The van der Waals surface area contributed by atoms with E-state index in [4.69, 9.17) is 9.29 Å². The first-order valence-electron chi connectivity index (χ1n) is 4.65. The van der Waals surface area contributed by atoms with Crippen LogP contribution in [-0.4, -0.2) is 61.2 Å². The van der Waals surface area contributed by atoms with Gasteiger partial charge in [-0.2, -0.15) is 8.42 Å². The van der Waals surface area contributed by atoms with Gasteiger partial charge in [0, 0.05) is 29.6 Å². The molecule has 0 saturated carbocycles. The van der Waals surface area contributed by atoms with Crippen molar-refractivity contribution in [2.75, 3.05) is 12.4 Å². The molecule has 0 aromatic heterocycles. The summed E-state index contributed by atoms with van der Waals surface area (Å²) < 4.78 is 34.5. The smallest absolute Gasteiger partial charge is 0.264 e. The molecule has 0 amide bonds. The molecule has 1 N–H and O–H groups in total. The average Bonchev–Trinajstić information content (AvgIpc) is 2.23. The number of aldehydes is 1. The first-order chi connectivity index (χ1) is 7.53. The minimum absolute atomic E-state index is 0. The van der Waals surface area contributed by atoms with Crippen LogP contribution in [-0.2, 0) is 10.1 Å². The summed E-state index contributed by atoms with van der Waals surface area (Å²) in [4.78, 5) is 10.6. The molecule has 17 heavy (non-hydrogen) atoms. The van der Waals surface area contributed by atoms with E-state index in [-0.39, 0.29) is 48.3 Å². The van der Waals surface area contributed by atoms with Gasteiger partial charge in [-0.3, -0.25) is 9.35 Å². The normalized spacial score (nSPS) is 10.4. The number of carbonyl (C=O) groups excluding carboxylic acids is 1. The van der Waals surface area contributed by atoms with Gasteiger partial charge in [0.05, 0.1) is 17.9 Å². The minimum Gasteiger partial charge on any atom is -0.493 e. The standard InChI is InChI=1S/C10H12O5S.Na/c11-8-9-4-1-2-5-10(9)15-6-3-7-16(12,13)14;/h1-2,4-5,8H,3,6-7H2,(H,12,13,14);. The monoisotopic (exact) mass is 267 g/mol. The van der Waals surface area contributed by atoms with Crippen LogP contribution in [0.5, 0.6) is 5.75 Å². The fourth-order valence-electron chi connectivity index (χ4n) is 1.13. The molecule has 0 atom stereocenters. The molecule has 5 nitrogen and oxygen atoms in total. The Balaban J connectivity index is 0.00000256. The molecule has 7 heteroatoms. The van der Waals surface area contributed by atoms with Crippen LogP contribution in [0.25, 0.3) is 0 Å². The van der Waals surface area contributed by atoms with Gasteiger partial charge in [-0.25, -0.2) is 0 Å². The Morgan fingerprint density at radius 1 is 1.29 bits per heavy atom. The Hall–Kier alpha value is -0.400. The van der Waals surface area contributed by atoms with E-state index in [9.17, 15) is 13.2 Å². The van der Waals surface area contributed by atoms with Crippen LogP contribution < -0.4 is 4.74 Å². The fraction of sp³-hybridized carbons (Fsp3) is 0.300. The number of para-hydroxylation sites is 1. The van der Waals surface area contributed by atoms with Crippen molar-refractivity contribution in [2.45, 2.75) is 6.42 Å². The Bertz CT molecular complexity index is 458. The van der Waals surface area contributed by atoms with Gasteiger partial charge in [0.15, 0.2) is 6.29 Å². The van der Waals surface area contributed by atoms with Crippen molar-refractivity contribution in [3.05, 3.63) is 29.8 Å². The van der Waals surface area contributed by atoms with E-state index in [1.807, 2.05) is 0 Å². The van der Waals surface area contributed by atoms with Gasteiger partial charge in [0.1, 0.15) is 5.75 Å². The SMILES string of the molecule is O=Cc1ccccc1OCCCS(=O)(=O)O.[Na]. The number of rotatable bonds is 6. The number of ether oxygens (including phenoxy) is 1. The molecular weight excluding hydrogens is 255 g/mol. The van der Waals surface area contributed by atoms with Crippen molar-refractivity contribution in [2.24, 2.45) is 0 Å². The van der Waals surface area contributed by atoms with E-state index >= 15 is 0 Å². The van der Waals surface area contributed by atoms with Gasteiger partial charge in [-0.1, -0.05) is 12.1 Å². The van der Waals surface area contributed by atoms with Crippen LogP contribution in [0.4, 0.5) is 0 Å². The number of carbonyl (C=O) groups is 1. The molecule has 0 spiro atoms. The van der Waals surface area contributed by atoms with Crippen LogP contribution >= 0.6 is 0 Å². The zero-order chi connectivity index (χ0) is 12.0. The molecule has 1 aromatic carbocycles. The van der Waals surface area contributed by atoms with Crippen LogP contribution in [0.1, 0.15) is 16.8 Å². The third-order valence-electron chi connectivity index (χ3n) is 1.85. The molecule has 89 valence electrons. The fourth-order valence-corrected chi connectivity index (χ4v) is 1.62. The predicted molar refractivity (Wildman–Crippen MR) is 64.1 cm³/mol. The molecular formula is C10H12NaO5S. The Morgan fingerprint density at radius 3 is 2.53 bits per heavy atom. The molecule has 0 fully saturated rings. The van der Waals surface area contributed by atoms with E-state index in [1.54, 1.807) is 24.3 Å². The van der Waals surface area contributed by atoms with E-state index in [0.717, 1.165) is 0 Å². The van der Waals surface area contributed by atoms with Crippen molar-refractivity contribution in [3.8, 4) is 5.75 Å². The first-order valence-corrected chi connectivity index (χ1v) is 6.26. The Kier molecular flexibility index (Phi) is 7.65. The maximum Gasteiger partial charge on any atom is 0.264 e. The maximum atomic E-state index is 10.6. The zero-order valence-electron chi connectivity index (χ0n) is 9.50. The third-order valence-corrected chi connectivity index (χ3v) is 2.65. The van der Waals surface area contributed by atoms with Gasteiger partial charge in [0.25, 0.3) is 10.1 Å². The summed E-state index contributed by atoms with van der Waals surface area (Å²) in [7, 11) is -3.94. The zero-order valence-corrected chi connectivity index (χ0v) is 12.3. The van der Waals surface area contributed by atoms with E-state index < -0.39 is 10.1 Å². The molecule has 0 aliphatic heterocycles. The van der Waals surface area contributed by atoms with Crippen LogP contribution in [0.15, 0.2) is 24.3 Å². The van der Waals surface area contributed by atoms with Crippen molar-refractivity contribution in [1.29, 1.82) is 0 Å². The average molecular weight is 267 g/mol. The Morgan fingerprint density at radius 2 is 1.94 bits per heavy atom. The largest absolute Gasteiger partial charge is 0.493 e. The molecule has 1 radical (unpaired) electrons. The molecule has 0 unspecified atom stereocenters. The van der Waals surface area contributed by atoms with Gasteiger partial charge in [0.2, 0.25) is 0 Å². The first kappa shape index (κ1) is 16.6. The molecule has 0 bridgehead atoms. The molecule has 1 rings (SSSR count). The van der Waals surface area contributed by atoms with Crippen LogP contribution in [0.2, 0.25) is 0 Å². The maximum absolute atomic E-state index is 10.6. The van der Waals surface area contributed by atoms with Crippen LogP contribution in [0.3, 0.4) is 0 Å². The minimum atomic E-state index is -3.94. The van der Waals surface area contributed by atoms with Crippen molar-refractivity contribution >= 4 is 46.0 Å². The summed E-state index contributed by atoms with van der Waals surface area (Å²) in [5.41, 5.74) is 0.411. The second kappa shape index (κ2) is 7.84. The van der Waals surface area contributed by atoms with Gasteiger partial charge in [-0.15, -0.1) is 0 Å². The van der Waals surface area contributed by atoms with Gasteiger partial charge in [-0.05, 0) is 18.6 Å². The van der Waals surface area contributed by atoms with E-state index in [1.165, 1.54) is 0 Å². The summed E-state index contributed by atoms with van der Waals surface area (Å²) in [6.07, 6.45) is 0.837. The Labute approximate surface area is 122 Å². The summed E-state index contributed by atoms with van der Waals surface area (Å²) in [6.45, 7) is 0.130. The van der Waals surface area contributed by atoms with E-state index in [0.29, 0.717) is 17.6 Å². The summed E-state index contributed by atoms with van der Waals surface area (Å²) >= 11 is 0. The summed E-state index contributed by atoms with van der Waals surface area (Å²) in [6, 6.07) is 6.64. The van der Waals surface area contributed by atoms with Crippen molar-refractivity contribution < 1.29 is 22.5 Å². The second-order valence-electron chi connectivity index (χ2n) is 3.14. The molecule has 0 aliphatic rings. The molecule has 0 heterocycles. The summed E-state index contributed by atoms with van der Waals surface area (Å²) in [5.74, 6) is 0.0591.